The maximum atomic E-state index is 9.83. The summed E-state index contributed by atoms with van der Waals surface area (Å²) >= 11 is 0. The summed E-state index contributed by atoms with van der Waals surface area (Å²) in [7, 11) is 0. The van der Waals surface area contributed by atoms with Gasteiger partial charge in [-0.05, 0) is 94.6 Å². The first kappa shape index (κ1) is 10.1. The van der Waals surface area contributed by atoms with Crippen LogP contribution < -0.4 is 0 Å². The molecule has 8 aromatic carbocycles. The van der Waals surface area contributed by atoms with Gasteiger partial charge in [-0.2, -0.15) is 0 Å². The van der Waals surface area contributed by atoms with E-state index in [0.717, 1.165) is 0 Å². The highest BCUT2D eigenvalue weighted by Crippen LogP contribution is 2.45. The molecular weight excluding hydrogens is 480 g/mol. The van der Waals surface area contributed by atoms with Crippen LogP contribution in [0.25, 0.3) is 76.5 Å². The average molecular weight is 528 g/mol. The molecule has 0 heteroatoms. The van der Waals surface area contributed by atoms with Crippen LogP contribution in [0.2, 0.25) is 0 Å². The molecule has 0 amide bonds. The minimum atomic E-state index is -0.883. The van der Waals surface area contributed by atoms with Gasteiger partial charge in [-0.1, -0.05) is 139 Å². The van der Waals surface area contributed by atoms with Gasteiger partial charge in [-0.3, -0.25) is 0 Å². The molecule has 0 atom stereocenters. The first-order valence-corrected chi connectivity index (χ1v) is 12.2. The van der Waals surface area contributed by atoms with Gasteiger partial charge in [0.15, 0.2) is 0 Å². The van der Waals surface area contributed by atoms with E-state index in [-0.39, 0.29) is 11.1 Å². The molecule has 186 valence electrons. The zero-order valence-electron chi connectivity index (χ0n) is 41.4. The third-order valence-electron chi connectivity index (χ3n) is 6.56. The van der Waals surface area contributed by atoms with Crippen molar-refractivity contribution in [3.8, 4) is 33.4 Å². The number of hydrogen-bond donors (Lipinski definition) is 0. The molecule has 0 fully saturated rings. The van der Waals surface area contributed by atoms with Gasteiger partial charge >= 0.3 is 0 Å². The first-order chi connectivity index (χ1) is 28.6. The number of benzene rings is 8. The fourth-order valence-corrected chi connectivity index (χ4v) is 4.78. The standard InChI is InChI=1S/C40H26/c1-2-10-27(11-3-1)32-22-23-37-38(26-32)40(34-21-19-29-13-5-7-15-31(29)25-34)36-17-9-8-16-35(36)39(37)33-20-18-28-12-4-6-14-30(28)24-33/h1-26H/i4D,5D,6D,7D,8D,9D,12D,13D,14D,15D,16D,17D,18D,19D,20D,21D,22D,23D,24D,25D,26D. The average Bonchev–Trinajstić information content (AvgIpc) is 3.23. The SMILES string of the molecule is [2H]c1c([2H])c([2H])c2c([2H])c(-c3c4c([2H])c([2H])c([2H])c([2H])c4c(-c4c([2H])c([2H])c5c([2H])c([2H])c([2H])c([2H])c5c4[2H])c4c([2H])c(-c5ccccc5)c([2H])c([2H])c34)c([2H])c([2H])c2c1[2H]. The summed E-state index contributed by atoms with van der Waals surface area (Å²) in [6.45, 7) is 0. The highest BCUT2D eigenvalue weighted by atomic mass is 14.2. The fourth-order valence-electron chi connectivity index (χ4n) is 4.78. The molecule has 8 rings (SSSR count). The van der Waals surface area contributed by atoms with Crippen LogP contribution in [0.4, 0.5) is 0 Å². The molecule has 0 nitrogen and oxygen atoms in total. The molecule has 0 N–H and O–H groups in total. The molecule has 0 aliphatic rings. The van der Waals surface area contributed by atoms with Crippen molar-refractivity contribution in [3.63, 3.8) is 0 Å². The quantitative estimate of drug-likeness (QED) is 0.200. The second kappa shape index (κ2) is 9.22. The van der Waals surface area contributed by atoms with Gasteiger partial charge in [0.2, 0.25) is 0 Å². The maximum absolute atomic E-state index is 9.83. The Hall–Kier alpha value is -5.20. The molecule has 0 spiro atoms. The Labute approximate surface area is 263 Å². The van der Waals surface area contributed by atoms with Crippen molar-refractivity contribution in [1.29, 1.82) is 0 Å². The zero-order valence-corrected chi connectivity index (χ0v) is 20.4. The largest absolute Gasteiger partial charge is 0.0636 e. The van der Waals surface area contributed by atoms with Crippen LogP contribution in [0.1, 0.15) is 28.8 Å². The third-order valence-corrected chi connectivity index (χ3v) is 6.56. The van der Waals surface area contributed by atoms with Crippen LogP contribution in [-0.2, 0) is 0 Å². The second-order valence-electron chi connectivity index (χ2n) is 8.87. The minimum absolute atomic E-state index is 0.205. The van der Waals surface area contributed by atoms with Crippen molar-refractivity contribution >= 4 is 43.1 Å². The fraction of sp³-hybridized carbons (Fsp3) is 0. The van der Waals surface area contributed by atoms with Crippen LogP contribution in [-0.4, -0.2) is 0 Å². The Morgan fingerprint density at radius 1 is 0.325 bits per heavy atom. The van der Waals surface area contributed by atoms with Crippen LogP contribution in [0.3, 0.4) is 0 Å². The molecule has 8 aromatic rings. The summed E-state index contributed by atoms with van der Waals surface area (Å²) in [4.78, 5) is 0. The Bertz CT molecular complexity index is 3360. The lowest BCUT2D eigenvalue weighted by molar-refractivity contribution is 1.64. The van der Waals surface area contributed by atoms with Crippen molar-refractivity contribution in [1.82, 2.24) is 0 Å². The maximum Gasteiger partial charge on any atom is 0.0636 e. The zero-order chi connectivity index (χ0) is 44.7. The summed E-state index contributed by atoms with van der Waals surface area (Å²) in [6, 6.07) is -8.62. The lowest BCUT2D eigenvalue weighted by Gasteiger charge is -2.19. The number of hydrogen-bond acceptors (Lipinski definition) is 0. The summed E-state index contributed by atoms with van der Waals surface area (Å²) in [6.07, 6.45) is 0. The van der Waals surface area contributed by atoms with Gasteiger partial charge in [-0.25, -0.2) is 0 Å². The van der Waals surface area contributed by atoms with Crippen molar-refractivity contribution in [2.45, 2.75) is 0 Å². The van der Waals surface area contributed by atoms with E-state index >= 15 is 0 Å². The smallest absolute Gasteiger partial charge is 0.0622 e. The molecule has 0 aliphatic carbocycles. The third kappa shape index (κ3) is 3.69. The van der Waals surface area contributed by atoms with Gasteiger partial charge in [0.25, 0.3) is 0 Å². The molecule has 0 unspecified atom stereocenters. The number of rotatable bonds is 3. The van der Waals surface area contributed by atoms with Crippen molar-refractivity contribution in [2.24, 2.45) is 0 Å². The first-order valence-electron chi connectivity index (χ1n) is 22.7. The van der Waals surface area contributed by atoms with Crippen LogP contribution in [0, 0.1) is 0 Å². The molecular formula is C40H26. The molecule has 40 heavy (non-hydrogen) atoms. The lowest BCUT2D eigenvalue weighted by atomic mass is 9.84. The van der Waals surface area contributed by atoms with Crippen LogP contribution in [0.15, 0.2) is 157 Å². The Morgan fingerprint density at radius 2 is 0.800 bits per heavy atom. The summed E-state index contributed by atoms with van der Waals surface area (Å²) < 4.78 is 189. The van der Waals surface area contributed by atoms with Gasteiger partial charge in [-0.15, -0.1) is 0 Å². The second-order valence-corrected chi connectivity index (χ2v) is 8.87. The minimum Gasteiger partial charge on any atom is -0.0622 e. The molecule has 0 saturated heterocycles. The number of fused-ring (bicyclic) bond motifs is 4. The highest BCUT2D eigenvalue weighted by molar-refractivity contribution is 6.22. The predicted octanol–water partition coefficient (Wildman–Crippen LogP) is 11.3. The van der Waals surface area contributed by atoms with E-state index in [9.17, 15) is 12.3 Å². The van der Waals surface area contributed by atoms with E-state index in [2.05, 4.69) is 0 Å². The molecule has 0 bridgehead atoms. The lowest BCUT2D eigenvalue weighted by Crippen LogP contribution is -1.92. The topological polar surface area (TPSA) is 0 Å². The monoisotopic (exact) mass is 527 g/mol. The van der Waals surface area contributed by atoms with Crippen LogP contribution >= 0.6 is 0 Å². The Morgan fingerprint density at radius 3 is 1.40 bits per heavy atom. The Balaban J connectivity index is 1.80. The van der Waals surface area contributed by atoms with E-state index < -0.39 is 192 Å². The van der Waals surface area contributed by atoms with E-state index in [0.29, 0.717) is 0 Å². The van der Waals surface area contributed by atoms with Gasteiger partial charge in [0.1, 0.15) is 0 Å². The normalized spacial score (nSPS) is 18.9. The van der Waals surface area contributed by atoms with Gasteiger partial charge < -0.3 is 0 Å². The molecule has 0 radical (unpaired) electrons. The van der Waals surface area contributed by atoms with E-state index in [1.165, 1.54) is 12.1 Å². The molecule has 0 aliphatic heterocycles. The van der Waals surface area contributed by atoms with E-state index in [1.807, 2.05) is 0 Å². The van der Waals surface area contributed by atoms with Crippen molar-refractivity contribution < 1.29 is 28.8 Å². The summed E-state index contributed by atoms with van der Waals surface area (Å²) in [5.74, 6) is 0. The van der Waals surface area contributed by atoms with Crippen LogP contribution in [0.5, 0.6) is 0 Å². The summed E-state index contributed by atoms with van der Waals surface area (Å²) in [5.41, 5.74) is -2.36. The Kier molecular flexibility index (Phi) is 2.32. The van der Waals surface area contributed by atoms with Crippen molar-refractivity contribution in [2.75, 3.05) is 0 Å². The van der Waals surface area contributed by atoms with E-state index in [1.54, 1.807) is 18.2 Å². The molecule has 0 saturated carbocycles. The highest BCUT2D eigenvalue weighted by Gasteiger charge is 2.18. The van der Waals surface area contributed by atoms with E-state index in [4.69, 9.17) is 16.4 Å². The van der Waals surface area contributed by atoms with Gasteiger partial charge in [0, 0.05) is 0 Å². The van der Waals surface area contributed by atoms with Gasteiger partial charge in [0.05, 0.1) is 28.8 Å². The predicted molar refractivity (Wildman–Crippen MR) is 173 cm³/mol. The summed E-state index contributed by atoms with van der Waals surface area (Å²) in [5, 5.41) is -4.24. The molecule has 0 aromatic heterocycles. The van der Waals surface area contributed by atoms with Crippen molar-refractivity contribution in [3.05, 3.63) is 157 Å². The molecule has 0 heterocycles.